The summed E-state index contributed by atoms with van der Waals surface area (Å²) in [6.45, 7) is 0.338. The minimum absolute atomic E-state index is 0.0519. The Balaban J connectivity index is 2.64. The molecule has 1 rings (SSSR count). The first-order valence-electron chi connectivity index (χ1n) is 4.09. The van der Waals surface area contributed by atoms with Crippen molar-refractivity contribution >= 4 is 15.9 Å². The Morgan fingerprint density at radius 3 is 2.93 bits per heavy atom. The van der Waals surface area contributed by atoms with Gasteiger partial charge < -0.3 is 9.84 Å². The van der Waals surface area contributed by atoms with Crippen LogP contribution in [0.2, 0.25) is 0 Å². The van der Waals surface area contributed by atoms with E-state index in [2.05, 4.69) is 21.1 Å². The molecule has 1 aromatic carbocycles. The highest BCUT2D eigenvalue weighted by molar-refractivity contribution is 9.10. The molecule has 0 aliphatic heterocycles. The predicted molar refractivity (Wildman–Crippen MR) is 56.2 cm³/mol. The number of ether oxygens (including phenoxy) is 1. The Bertz CT molecular complexity index is 317. The van der Waals surface area contributed by atoms with Gasteiger partial charge in [-0.25, -0.2) is 0 Å². The van der Waals surface area contributed by atoms with Crippen molar-refractivity contribution in [1.29, 1.82) is 0 Å². The molecule has 14 heavy (non-hydrogen) atoms. The van der Waals surface area contributed by atoms with Crippen molar-refractivity contribution < 1.29 is 9.84 Å². The molecule has 0 heterocycles. The number of hydrogen-bond acceptors (Lipinski definition) is 4. The summed E-state index contributed by atoms with van der Waals surface area (Å²) in [6.07, 6.45) is 0. The molecule has 0 amide bonds. The summed E-state index contributed by atoms with van der Waals surface area (Å²) in [4.78, 5) is 9.79. The fourth-order valence-electron chi connectivity index (χ4n) is 0.963. The number of benzene rings is 1. The van der Waals surface area contributed by atoms with Crippen LogP contribution in [0.5, 0.6) is 5.75 Å². The van der Waals surface area contributed by atoms with Crippen LogP contribution in [-0.4, -0.2) is 18.3 Å². The molecule has 1 aromatic rings. The second-order valence-electron chi connectivity index (χ2n) is 2.61. The largest absolute Gasteiger partial charge is 0.492 e. The molecule has 0 aliphatic carbocycles. The maximum absolute atomic E-state index is 9.79. The zero-order valence-corrected chi connectivity index (χ0v) is 9.03. The lowest BCUT2D eigenvalue weighted by Gasteiger charge is -2.06. The summed E-state index contributed by atoms with van der Waals surface area (Å²) in [5, 5.41) is 11.6. The molecule has 0 fully saturated rings. The molecule has 0 saturated heterocycles. The Hall–Kier alpha value is -0.940. The van der Waals surface area contributed by atoms with Crippen molar-refractivity contribution in [3.8, 4) is 5.75 Å². The van der Waals surface area contributed by atoms with Gasteiger partial charge >= 0.3 is 0 Å². The standard InChI is InChI=1S/C9H10BrNO3/c10-9-2-1-8(5-7(9)6-12)14-4-3-11-13/h1-2,5,12H,3-4,6H2. The zero-order chi connectivity index (χ0) is 10.4. The van der Waals surface area contributed by atoms with Crippen LogP contribution < -0.4 is 4.74 Å². The number of hydrogen-bond donors (Lipinski definition) is 1. The molecule has 1 N–H and O–H groups in total. The van der Waals surface area contributed by atoms with Crippen LogP contribution in [0.4, 0.5) is 0 Å². The normalized spacial score (nSPS) is 9.86. The first-order chi connectivity index (χ1) is 6.77. The average Bonchev–Trinajstić information content (AvgIpc) is 2.21. The molecule has 0 aliphatic rings. The van der Waals surface area contributed by atoms with Gasteiger partial charge in [0.05, 0.1) is 6.61 Å². The summed E-state index contributed by atoms with van der Waals surface area (Å²) < 4.78 is 6.05. The van der Waals surface area contributed by atoms with Crippen molar-refractivity contribution in [2.75, 3.05) is 13.2 Å². The van der Waals surface area contributed by atoms with Crippen molar-refractivity contribution in [2.24, 2.45) is 5.18 Å². The molecule has 0 unspecified atom stereocenters. The number of rotatable bonds is 5. The lowest BCUT2D eigenvalue weighted by atomic mass is 10.2. The van der Waals surface area contributed by atoms with Gasteiger partial charge in [-0.3, -0.25) is 0 Å². The molecular formula is C9H10BrNO3. The third kappa shape index (κ3) is 3.08. The fraction of sp³-hybridized carbons (Fsp3) is 0.333. The summed E-state index contributed by atoms with van der Waals surface area (Å²) >= 11 is 3.29. The lowest BCUT2D eigenvalue weighted by Crippen LogP contribution is -2.00. The van der Waals surface area contributed by atoms with Gasteiger partial charge in [0.2, 0.25) is 0 Å². The smallest absolute Gasteiger partial charge is 0.119 e. The summed E-state index contributed by atoms with van der Waals surface area (Å²) in [6, 6.07) is 5.26. The highest BCUT2D eigenvalue weighted by Gasteiger charge is 2.01. The highest BCUT2D eigenvalue weighted by atomic mass is 79.9. The van der Waals surface area contributed by atoms with Crippen molar-refractivity contribution in [2.45, 2.75) is 6.61 Å². The van der Waals surface area contributed by atoms with Crippen LogP contribution in [0.1, 0.15) is 5.56 Å². The number of nitroso groups, excluding NO2 is 1. The van der Waals surface area contributed by atoms with Crippen molar-refractivity contribution in [3.05, 3.63) is 33.1 Å². The maximum atomic E-state index is 9.79. The van der Waals surface area contributed by atoms with E-state index >= 15 is 0 Å². The summed E-state index contributed by atoms with van der Waals surface area (Å²) in [5.41, 5.74) is 0.751. The van der Waals surface area contributed by atoms with E-state index in [4.69, 9.17) is 9.84 Å². The molecule has 5 heteroatoms. The van der Waals surface area contributed by atoms with E-state index < -0.39 is 0 Å². The van der Waals surface area contributed by atoms with Crippen LogP contribution in [-0.2, 0) is 6.61 Å². The van der Waals surface area contributed by atoms with Gasteiger partial charge in [-0.2, -0.15) is 4.91 Å². The van der Waals surface area contributed by atoms with E-state index in [0.29, 0.717) is 5.75 Å². The maximum Gasteiger partial charge on any atom is 0.119 e. The third-order valence-corrected chi connectivity index (χ3v) is 2.41. The van der Waals surface area contributed by atoms with Gasteiger partial charge in [-0.05, 0) is 23.8 Å². The highest BCUT2D eigenvalue weighted by Crippen LogP contribution is 2.22. The van der Waals surface area contributed by atoms with Crippen LogP contribution in [0.15, 0.2) is 27.8 Å². The molecule has 0 aromatic heterocycles. The monoisotopic (exact) mass is 259 g/mol. The first-order valence-corrected chi connectivity index (χ1v) is 4.88. The summed E-state index contributed by atoms with van der Waals surface area (Å²) in [7, 11) is 0. The molecule has 0 saturated carbocycles. The second kappa shape index (κ2) is 5.72. The van der Waals surface area contributed by atoms with Crippen LogP contribution in [0, 0.1) is 4.91 Å². The lowest BCUT2D eigenvalue weighted by molar-refractivity contribution is 0.279. The van der Waals surface area contributed by atoms with E-state index in [1.807, 2.05) is 0 Å². The van der Waals surface area contributed by atoms with Gasteiger partial charge in [0.25, 0.3) is 0 Å². The van der Waals surface area contributed by atoms with E-state index in [1.165, 1.54) is 0 Å². The number of halogens is 1. The molecular weight excluding hydrogens is 250 g/mol. The second-order valence-corrected chi connectivity index (χ2v) is 3.47. The molecule has 0 radical (unpaired) electrons. The minimum atomic E-state index is -0.0519. The van der Waals surface area contributed by atoms with Crippen molar-refractivity contribution in [1.82, 2.24) is 0 Å². The van der Waals surface area contributed by atoms with Gasteiger partial charge in [0.1, 0.15) is 18.9 Å². The van der Waals surface area contributed by atoms with Gasteiger partial charge in [0, 0.05) is 4.47 Å². The predicted octanol–water partition coefficient (Wildman–Crippen LogP) is 2.09. The topological polar surface area (TPSA) is 58.9 Å². The molecule has 4 nitrogen and oxygen atoms in total. The van der Waals surface area contributed by atoms with Crippen LogP contribution in [0.3, 0.4) is 0 Å². The molecule has 76 valence electrons. The Labute approximate surface area is 90.0 Å². The quantitative estimate of drug-likeness (QED) is 0.651. The Morgan fingerprint density at radius 1 is 1.50 bits per heavy atom. The third-order valence-electron chi connectivity index (χ3n) is 1.64. The van der Waals surface area contributed by atoms with Gasteiger partial charge in [0.15, 0.2) is 0 Å². The van der Waals surface area contributed by atoms with Gasteiger partial charge in [-0.15, -0.1) is 0 Å². The number of aliphatic hydroxyl groups is 1. The number of aliphatic hydroxyl groups excluding tert-OH is 1. The summed E-state index contributed by atoms with van der Waals surface area (Å²) in [5.74, 6) is 0.626. The Kier molecular flexibility index (Phi) is 4.55. The molecule has 0 atom stereocenters. The van der Waals surface area contributed by atoms with E-state index in [0.717, 1.165) is 10.0 Å². The zero-order valence-electron chi connectivity index (χ0n) is 7.44. The van der Waals surface area contributed by atoms with Gasteiger partial charge in [-0.1, -0.05) is 21.1 Å². The fourth-order valence-corrected chi connectivity index (χ4v) is 1.33. The number of nitrogens with zero attached hydrogens (tertiary/aromatic N) is 1. The Morgan fingerprint density at radius 2 is 2.29 bits per heavy atom. The molecule has 0 bridgehead atoms. The first kappa shape index (κ1) is 11.1. The van der Waals surface area contributed by atoms with E-state index in [-0.39, 0.29) is 19.8 Å². The van der Waals surface area contributed by atoms with E-state index in [1.54, 1.807) is 18.2 Å². The average molecular weight is 260 g/mol. The van der Waals surface area contributed by atoms with Crippen LogP contribution >= 0.6 is 15.9 Å². The van der Waals surface area contributed by atoms with Crippen molar-refractivity contribution in [3.63, 3.8) is 0 Å². The molecule has 0 spiro atoms. The minimum Gasteiger partial charge on any atom is -0.492 e. The van der Waals surface area contributed by atoms with Crippen LogP contribution in [0.25, 0.3) is 0 Å². The SMILES string of the molecule is O=NCCOc1ccc(Br)c(CO)c1. The van der Waals surface area contributed by atoms with E-state index in [9.17, 15) is 4.91 Å².